The summed E-state index contributed by atoms with van der Waals surface area (Å²) in [5.74, 6) is 1.10. The second-order valence-corrected chi connectivity index (χ2v) is 10.1. The molecule has 28 heavy (non-hydrogen) atoms. The molecule has 3 aromatic rings. The van der Waals surface area contributed by atoms with E-state index in [2.05, 4.69) is 0 Å². The zero-order valence-electron chi connectivity index (χ0n) is 15.5. The fourth-order valence-corrected chi connectivity index (χ4v) is 6.07. The van der Waals surface area contributed by atoms with E-state index in [9.17, 15) is 0 Å². The van der Waals surface area contributed by atoms with E-state index < -0.39 is 6.49 Å². The largest absolute Gasteiger partial charge is 0.421 e. The molecule has 1 aliphatic rings. The summed E-state index contributed by atoms with van der Waals surface area (Å²) in [6.07, 6.45) is 0.844. The first-order valence-corrected chi connectivity index (χ1v) is 12.0. The number of rotatable bonds is 5. The molecule has 5 nitrogen and oxygen atoms in total. The standard InChI is InChI=1S/C20H19ClN3O2PS/c1-3-13-25-27(28)18-14(2)23-24(17-7-5-4-6-8-17)19(18)22-20(26-27)15-9-11-16(21)12-10-15/h4-12H,3,13H2,1-2H3/t27-/m0/s1. The number of fused-ring (bicyclic) bond motifs is 1. The fraction of sp³-hybridized carbons (Fsp3) is 0.200. The summed E-state index contributed by atoms with van der Waals surface area (Å²) in [6, 6.07) is 17.2. The lowest BCUT2D eigenvalue weighted by Gasteiger charge is -2.27. The van der Waals surface area contributed by atoms with Crippen LogP contribution in [-0.2, 0) is 20.9 Å². The number of hydrogen-bond donors (Lipinski definition) is 0. The minimum absolute atomic E-state index is 0.431. The smallest absolute Gasteiger partial charge is 0.276 e. The summed E-state index contributed by atoms with van der Waals surface area (Å²) in [5.41, 5.74) is 2.48. The van der Waals surface area contributed by atoms with Crippen molar-refractivity contribution in [2.45, 2.75) is 20.3 Å². The SMILES string of the molecule is CCCO[P@]1(=S)OC(c2ccc(Cl)cc2)=Nc2c1c(C)nn2-c1ccccc1. The molecule has 0 spiro atoms. The van der Waals surface area contributed by atoms with Crippen molar-refractivity contribution in [3.63, 3.8) is 0 Å². The molecule has 0 N–H and O–H groups in total. The summed E-state index contributed by atoms with van der Waals surface area (Å²) < 4.78 is 14.1. The summed E-state index contributed by atoms with van der Waals surface area (Å²) >= 11 is 12.0. The number of para-hydroxylation sites is 1. The molecule has 2 aromatic carbocycles. The molecule has 0 saturated carbocycles. The fourth-order valence-electron chi connectivity index (χ4n) is 2.97. The van der Waals surface area contributed by atoms with Gasteiger partial charge in [-0.15, -0.1) is 0 Å². The van der Waals surface area contributed by atoms with Crippen LogP contribution in [0, 0.1) is 6.92 Å². The van der Waals surface area contributed by atoms with Gasteiger partial charge in [-0.1, -0.05) is 36.7 Å². The van der Waals surface area contributed by atoms with E-state index in [1.807, 2.05) is 56.3 Å². The molecular formula is C20H19ClN3O2PS. The Morgan fingerprint density at radius 3 is 2.54 bits per heavy atom. The number of hydrogen-bond acceptors (Lipinski definition) is 5. The molecule has 1 atom stereocenters. The van der Waals surface area contributed by atoms with Crippen molar-refractivity contribution in [1.82, 2.24) is 9.78 Å². The normalized spacial score (nSPS) is 18.3. The molecule has 0 saturated heterocycles. The van der Waals surface area contributed by atoms with E-state index in [0.29, 0.717) is 23.3 Å². The van der Waals surface area contributed by atoms with Crippen molar-refractivity contribution in [3.05, 3.63) is 70.9 Å². The van der Waals surface area contributed by atoms with Gasteiger partial charge < -0.3 is 9.05 Å². The Kier molecular flexibility index (Phi) is 5.39. The van der Waals surface area contributed by atoms with Gasteiger partial charge in [0, 0.05) is 10.6 Å². The minimum Gasteiger partial charge on any atom is -0.421 e. The van der Waals surface area contributed by atoms with E-state index in [1.165, 1.54) is 0 Å². The zero-order valence-corrected chi connectivity index (χ0v) is 18.0. The molecule has 2 heterocycles. The Morgan fingerprint density at radius 2 is 1.86 bits per heavy atom. The van der Waals surface area contributed by atoms with Gasteiger partial charge in [-0.05, 0) is 61.5 Å². The third-order valence-electron chi connectivity index (χ3n) is 4.25. The van der Waals surface area contributed by atoms with Crippen molar-refractivity contribution in [2.24, 2.45) is 4.99 Å². The van der Waals surface area contributed by atoms with Crippen LogP contribution in [0.5, 0.6) is 0 Å². The van der Waals surface area contributed by atoms with Gasteiger partial charge in [0.2, 0.25) is 5.90 Å². The van der Waals surface area contributed by atoms with Crippen molar-refractivity contribution >= 4 is 46.9 Å². The van der Waals surface area contributed by atoms with Crippen molar-refractivity contribution in [3.8, 4) is 5.69 Å². The predicted octanol–water partition coefficient (Wildman–Crippen LogP) is 5.30. The third kappa shape index (κ3) is 3.53. The Balaban J connectivity index is 1.92. The van der Waals surface area contributed by atoms with Gasteiger partial charge in [-0.2, -0.15) is 10.1 Å². The number of halogens is 1. The molecule has 0 unspecified atom stereocenters. The summed E-state index contributed by atoms with van der Waals surface area (Å²) in [6.45, 7) is 1.67. The molecule has 1 aromatic heterocycles. The van der Waals surface area contributed by atoms with Crippen molar-refractivity contribution in [1.29, 1.82) is 0 Å². The average Bonchev–Trinajstić information content (AvgIpc) is 3.05. The van der Waals surface area contributed by atoms with Crippen molar-refractivity contribution in [2.75, 3.05) is 6.61 Å². The van der Waals surface area contributed by atoms with Crippen LogP contribution in [0.2, 0.25) is 5.02 Å². The molecule has 0 bridgehead atoms. The first-order valence-electron chi connectivity index (χ1n) is 8.96. The maximum Gasteiger partial charge on any atom is 0.276 e. The molecule has 8 heteroatoms. The number of aromatic nitrogens is 2. The second kappa shape index (κ2) is 7.80. The van der Waals surface area contributed by atoms with Gasteiger partial charge >= 0.3 is 0 Å². The first-order chi connectivity index (χ1) is 13.5. The van der Waals surface area contributed by atoms with Gasteiger partial charge in [-0.25, -0.2) is 4.68 Å². The molecular weight excluding hydrogens is 413 g/mol. The maximum absolute atomic E-state index is 6.22. The van der Waals surface area contributed by atoms with Crippen LogP contribution in [0.15, 0.2) is 59.6 Å². The van der Waals surface area contributed by atoms with Crippen LogP contribution in [0.1, 0.15) is 24.6 Å². The summed E-state index contributed by atoms with van der Waals surface area (Å²) in [5, 5.41) is 6.12. The average molecular weight is 432 g/mol. The molecule has 0 aliphatic carbocycles. The van der Waals surface area contributed by atoms with Crippen LogP contribution in [-0.4, -0.2) is 22.3 Å². The van der Waals surface area contributed by atoms with E-state index in [1.54, 1.807) is 16.8 Å². The highest BCUT2D eigenvalue weighted by Gasteiger charge is 2.38. The highest BCUT2D eigenvalue weighted by molar-refractivity contribution is 8.13. The minimum atomic E-state index is -2.80. The lowest BCUT2D eigenvalue weighted by atomic mass is 10.2. The van der Waals surface area contributed by atoms with Gasteiger partial charge in [0.05, 0.1) is 18.0 Å². The zero-order chi connectivity index (χ0) is 19.7. The van der Waals surface area contributed by atoms with Gasteiger partial charge in [-0.3, -0.25) is 0 Å². The van der Waals surface area contributed by atoms with Crippen LogP contribution >= 0.6 is 18.1 Å². The number of aliphatic imine (C=N–C) groups is 1. The molecule has 0 fully saturated rings. The predicted molar refractivity (Wildman–Crippen MR) is 117 cm³/mol. The molecule has 1 aliphatic heterocycles. The molecule has 4 rings (SSSR count). The highest BCUT2D eigenvalue weighted by atomic mass is 35.5. The van der Waals surface area contributed by atoms with Crippen LogP contribution in [0.4, 0.5) is 5.82 Å². The maximum atomic E-state index is 6.22. The van der Waals surface area contributed by atoms with E-state index in [0.717, 1.165) is 28.7 Å². The first kappa shape index (κ1) is 19.3. The number of benzene rings is 2. The van der Waals surface area contributed by atoms with E-state index in [4.69, 9.17) is 42.5 Å². The van der Waals surface area contributed by atoms with Crippen LogP contribution in [0.25, 0.3) is 5.69 Å². The Hall–Kier alpha value is -1.98. The topological polar surface area (TPSA) is 48.6 Å². The van der Waals surface area contributed by atoms with Gasteiger partial charge in [0.15, 0.2) is 5.82 Å². The van der Waals surface area contributed by atoms with Gasteiger partial charge in [0.1, 0.15) is 5.30 Å². The van der Waals surface area contributed by atoms with Crippen LogP contribution in [0.3, 0.4) is 0 Å². The third-order valence-corrected chi connectivity index (χ3v) is 7.60. The molecule has 0 radical (unpaired) electrons. The van der Waals surface area contributed by atoms with Gasteiger partial charge in [0.25, 0.3) is 6.49 Å². The Bertz CT molecular complexity index is 1080. The second-order valence-electron chi connectivity index (χ2n) is 6.35. The quantitative estimate of drug-likeness (QED) is 0.514. The monoisotopic (exact) mass is 431 g/mol. The lowest BCUT2D eigenvalue weighted by Crippen LogP contribution is -2.21. The highest BCUT2D eigenvalue weighted by Crippen LogP contribution is 2.54. The molecule has 144 valence electrons. The number of aryl methyl sites for hydroxylation is 1. The Labute approximate surface area is 174 Å². The summed E-state index contributed by atoms with van der Waals surface area (Å²) in [7, 11) is 0. The summed E-state index contributed by atoms with van der Waals surface area (Å²) in [4.78, 5) is 4.78. The molecule has 0 amide bonds. The van der Waals surface area contributed by atoms with E-state index >= 15 is 0 Å². The van der Waals surface area contributed by atoms with Crippen molar-refractivity contribution < 1.29 is 9.05 Å². The van der Waals surface area contributed by atoms with E-state index in [-0.39, 0.29) is 0 Å². The Morgan fingerprint density at radius 1 is 1.14 bits per heavy atom. The number of nitrogens with zero attached hydrogens (tertiary/aromatic N) is 3. The lowest BCUT2D eigenvalue weighted by molar-refractivity contribution is 0.315. The van der Waals surface area contributed by atoms with Crippen LogP contribution < -0.4 is 5.30 Å².